The highest BCUT2D eigenvalue weighted by Gasteiger charge is 2.21. The molecule has 1 N–H and O–H groups in total. The van der Waals surface area contributed by atoms with E-state index in [2.05, 4.69) is 5.32 Å². The Balaban J connectivity index is 1.21. The summed E-state index contributed by atoms with van der Waals surface area (Å²) in [5.74, 6) is 2.33. The minimum absolute atomic E-state index is 0.205. The minimum atomic E-state index is -0.485. The first-order valence-electron chi connectivity index (χ1n) is 12.6. The van der Waals surface area contributed by atoms with Gasteiger partial charge >= 0.3 is 6.09 Å². The molecule has 1 amide bonds. The zero-order chi connectivity index (χ0) is 23.8. The third-order valence-corrected chi connectivity index (χ3v) is 6.55. The fourth-order valence-electron chi connectivity index (χ4n) is 4.54. The lowest BCUT2D eigenvalue weighted by molar-refractivity contribution is 0.154. The smallest absolute Gasteiger partial charge is 0.411 e. The number of amides is 1. The lowest BCUT2D eigenvalue weighted by Gasteiger charge is -2.28. The molecule has 2 aromatic carbocycles. The molecule has 0 atom stereocenters. The van der Waals surface area contributed by atoms with Gasteiger partial charge in [-0.1, -0.05) is 56.7 Å². The van der Waals surface area contributed by atoms with Gasteiger partial charge in [-0.2, -0.15) is 0 Å². The molecule has 0 saturated heterocycles. The van der Waals surface area contributed by atoms with Crippen molar-refractivity contribution in [1.82, 2.24) is 0 Å². The Morgan fingerprint density at radius 2 is 1.71 bits per heavy atom. The van der Waals surface area contributed by atoms with E-state index in [0.717, 1.165) is 29.2 Å². The van der Waals surface area contributed by atoms with Gasteiger partial charge in [0.25, 0.3) is 0 Å². The lowest BCUT2D eigenvalue weighted by Crippen LogP contribution is -2.27. The van der Waals surface area contributed by atoms with Crippen molar-refractivity contribution in [3.63, 3.8) is 0 Å². The molecule has 0 bridgehead atoms. The SMILES string of the molecule is CC1(C)C=Cc2cc(NC(=O)OCc3ccc(OCC4CCCCCCCC4)cc3)ccc2O1. The van der Waals surface area contributed by atoms with E-state index >= 15 is 0 Å². The van der Waals surface area contributed by atoms with Gasteiger partial charge in [0, 0.05) is 11.3 Å². The average Bonchev–Trinajstić information content (AvgIpc) is 2.96. The maximum atomic E-state index is 12.3. The summed E-state index contributed by atoms with van der Waals surface area (Å²) in [6, 6.07) is 13.4. The molecule has 0 unspecified atom stereocenters. The normalized spacial score (nSPS) is 17.9. The second-order valence-electron chi connectivity index (χ2n) is 10.0. The second kappa shape index (κ2) is 11.5. The van der Waals surface area contributed by atoms with Crippen LogP contribution in [0, 0.1) is 5.92 Å². The molecule has 2 aromatic rings. The van der Waals surface area contributed by atoms with E-state index in [-0.39, 0.29) is 12.2 Å². The summed E-state index contributed by atoms with van der Waals surface area (Å²) < 4.78 is 17.4. The van der Waals surface area contributed by atoms with Gasteiger partial charge in [0.2, 0.25) is 0 Å². The van der Waals surface area contributed by atoms with Crippen LogP contribution in [-0.2, 0) is 11.3 Å². The first-order chi connectivity index (χ1) is 16.5. The van der Waals surface area contributed by atoms with Crippen LogP contribution in [0.15, 0.2) is 48.5 Å². The molecule has 0 aromatic heterocycles. The molecule has 0 spiro atoms. The predicted molar refractivity (Wildman–Crippen MR) is 136 cm³/mol. The molecule has 1 aliphatic carbocycles. The summed E-state index contributed by atoms with van der Waals surface area (Å²) in [6.07, 6.45) is 14.2. The van der Waals surface area contributed by atoms with Crippen molar-refractivity contribution in [2.75, 3.05) is 11.9 Å². The largest absolute Gasteiger partial charge is 0.493 e. The van der Waals surface area contributed by atoms with Gasteiger partial charge in [0.05, 0.1) is 6.61 Å². The minimum Gasteiger partial charge on any atom is -0.493 e. The standard InChI is InChI=1S/C29H37NO4/c1-29(2)18-17-24-19-25(13-16-27(24)34-29)30-28(31)33-21-23-11-14-26(15-12-23)32-20-22-9-7-5-3-4-6-8-10-22/h11-19,22H,3-10,20-21H2,1-2H3,(H,30,31). The summed E-state index contributed by atoms with van der Waals surface area (Å²) in [4.78, 5) is 12.3. The third-order valence-electron chi connectivity index (χ3n) is 6.55. The topological polar surface area (TPSA) is 56.8 Å². The van der Waals surface area contributed by atoms with E-state index in [1.54, 1.807) is 0 Å². The Labute approximate surface area is 203 Å². The Morgan fingerprint density at radius 1 is 1.00 bits per heavy atom. The summed E-state index contributed by atoms with van der Waals surface area (Å²) >= 11 is 0. The monoisotopic (exact) mass is 463 g/mol. The van der Waals surface area contributed by atoms with Gasteiger partial charge < -0.3 is 14.2 Å². The van der Waals surface area contributed by atoms with Crippen LogP contribution in [0.25, 0.3) is 6.08 Å². The first-order valence-corrected chi connectivity index (χ1v) is 12.6. The van der Waals surface area contributed by atoms with Gasteiger partial charge in [-0.3, -0.25) is 5.32 Å². The highest BCUT2D eigenvalue weighted by molar-refractivity contribution is 5.85. The Hall–Kier alpha value is -2.95. The maximum absolute atomic E-state index is 12.3. The van der Waals surface area contributed by atoms with Crippen molar-refractivity contribution in [3.05, 3.63) is 59.7 Å². The van der Waals surface area contributed by atoms with E-state index in [9.17, 15) is 4.79 Å². The highest BCUT2D eigenvalue weighted by atomic mass is 16.5. The number of fused-ring (bicyclic) bond motifs is 1. The highest BCUT2D eigenvalue weighted by Crippen LogP contribution is 2.32. The van der Waals surface area contributed by atoms with E-state index in [4.69, 9.17) is 14.2 Å². The number of carbonyl (C=O) groups excluding carboxylic acids is 1. The van der Waals surface area contributed by atoms with Crippen LogP contribution in [0.1, 0.15) is 76.3 Å². The van der Waals surface area contributed by atoms with Crippen LogP contribution in [0.3, 0.4) is 0 Å². The molecule has 0 radical (unpaired) electrons. The number of ether oxygens (including phenoxy) is 3. The number of carbonyl (C=O) groups is 1. The van der Waals surface area contributed by atoms with Crippen LogP contribution in [0.4, 0.5) is 10.5 Å². The van der Waals surface area contributed by atoms with Crippen LogP contribution >= 0.6 is 0 Å². The molecular formula is C29H37NO4. The molecule has 1 heterocycles. The number of hydrogen-bond donors (Lipinski definition) is 1. The Kier molecular flexibility index (Phi) is 8.15. The van der Waals surface area contributed by atoms with Gasteiger partial charge in [-0.25, -0.2) is 4.79 Å². The summed E-state index contributed by atoms with van der Waals surface area (Å²) in [6.45, 7) is 5.01. The van der Waals surface area contributed by atoms with Gasteiger partial charge in [0.1, 0.15) is 23.7 Å². The Morgan fingerprint density at radius 3 is 2.44 bits per heavy atom. The molecule has 4 rings (SSSR count). The molecular weight excluding hydrogens is 426 g/mol. The zero-order valence-electron chi connectivity index (χ0n) is 20.5. The molecule has 2 aliphatic rings. The lowest BCUT2D eigenvalue weighted by atomic mass is 9.98. The number of anilines is 1. The van der Waals surface area contributed by atoms with Crippen LogP contribution < -0.4 is 14.8 Å². The van der Waals surface area contributed by atoms with E-state index in [1.807, 2.05) is 68.5 Å². The Bertz CT molecular complexity index is 970. The average molecular weight is 464 g/mol. The fourth-order valence-corrected chi connectivity index (χ4v) is 4.54. The molecule has 5 nitrogen and oxygen atoms in total. The first kappa shape index (κ1) is 24.2. The van der Waals surface area contributed by atoms with Crippen molar-refractivity contribution in [2.24, 2.45) is 5.92 Å². The van der Waals surface area contributed by atoms with Crippen LogP contribution in [0.2, 0.25) is 0 Å². The fraction of sp³-hybridized carbons (Fsp3) is 0.483. The molecule has 1 aliphatic heterocycles. The van der Waals surface area contributed by atoms with Crippen LogP contribution in [0.5, 0.6) is 11.5 Å². The number of benzene rings is 2. The molecule has 5 heteroatoms. The summed E-state index contributed by atoms with van der Waals surface area (Å²) in [5.41, 5.74) is 2.21. The van der Waals surface area contributed by atoms with Gasteiger partial charge in [-0.05, 0) is 74.6 Å². The number of hydrogen-bond acceptors (Lipinski definition) is 4. The van der Waals surface area contributed by atoms with Crippen molar-refractivity contribution in [2.45, 2.75) is 77.4 Å². The second-order valence-corrected chi connectivity index (χ2v) is 10.0. The molecule has 34 heavy (non-hydrogen) atoms. The van der Waals surface area contributed by atoms with Crippen molar-refractivity contribution in [3.8, 4) is 11.5 Å². The van der Waals surface area contributed by atoms with E-state index in [0.29, 0.717) is 11.6 Å². The maximum Gasteiger partial charge on any atom is 0.411 e. The quantitative estimate of drug-likeness (QED) is 0.476. The van der Waals surface area contributed by atoms with Gasteiger partial charge in [-0.15, -0.1) is 0 Å². The zero-order valence-corrected chi connectivity index (χ0v) is 20.5. The summed E-state index contributed by atoms with van der Waals surface area (Å²) in [7, 11) is 0. The van der Waals surface area contributed by atoms with E-state index in [1.165, 1.54) is 51.4 Å². The summed E-state index contributed by atoms with van der Waals surface area (Å²) in [5, 5.41) is 2.79. The van der Waals surface area contributed by atoms with E-state index < -0.39 is 6.09 Å². The van der Waals surface area contributed by atoms with Crippen molar-refractivity contribution in [1.29, 1.82) is 0 Å². The number of nitrogens with one attached hydrogen (secondary N) is 1. The van der Waals surface area contributed by atoms with Crippen molar-refractivity contribution >= 4 is 17.9 Å². The molecule has 1 saturated carbocycles. The predicted octanol–water partition coefficient (Wildman–Crippen LogP) is 7.75. The molecule has 182 valence electrons. The molecule has 1 fully saturated rings. The third kappa shape index (κ3) is 7.28. The van der Waals surface area contributed by atoms with Gasteiger partial charge in [0.15, 0.2) is 0 Å². The van der Waals surface area contributed by atoms with Crippen molar-refractivity contribution < 1.29 is 19.0 Å². The number of rotatable bonds is 6. The van der Waals surface area contributed by atoms with Crippen LogP contribution in [-0.4, -0.2) is 18.3 Å².